The highest BCUT2D eigenvalue weighted by atomic mass is 19.2. The van der Waals surface area contributed by atoms with Gasteiger partial charge in [-0.1, -0.05) is 6.92 Å². The van der Waals surface area contributed by atoms with Crippen LogP contribution in [-0.2, 0) is 0 Å². The smallest absolute Gasteiger partial charge is 0.162 e. The molecule has 94 valence electrons. The molecule has 0 spiro atoms. The number of hydrogen-bond acceptors (Lipinski definition) is 2. The Morgan fingerprint density at radius 1 is 1.35 bits per heavy atom. The van der Waals surface area contributed by atoms with Gasteiger partial charge in [-0.15, -0.1) is 0 Å². The number of ether oxygens (including phenoxy) is 1. The molecule has 1 atom stereocenters. The lowest BCUT2D eigenvalue weighted by Gasteiger charge is -2.13. The Labute approximate surface area is 100.0 Å². The molecule has 1 N–H and O–H groups in total. The minimum absolute atomic E-state index is 0.351. The summed E-state index contributed by atoms with van der Waals surface area (Å²) >= 11 is 0. The molecule has 0 radical (unpaired) electrons. The van der Waals surface area contributed by atoms with E-state index in [-0.39, 0.29) is 0 Å². The molecule has 2 nitrogen and oxygen atoms in total. The summed E-state index contributed by atoms with van der Waals surface area (Å²) < 4.78 is 31.0. The van der Waals surface area contributed by atoms with Crippen LogP contribution in [-0.4, -0.2) is 19.2 Å². The summed E-state index contributed by atoms with van der Waals surface area (Å²) in [7, 11) is 0. The quantitative estimate of drug-likeness (QED) is 0.826. The van der Waals surface area contributed by atoms with Gasteiger partial charge >= 0.3 is 0 Å². The first kappa shape index (κ1) is 12.3. The van der Waals surface area contributed by atoms with Crippen LogP contribution in [0, 0.1) is 17.6 Å². The summed E-state index contributed by atoms with van der Waals surface area (Å²) in [6.45, 7) is 3.47. The Balaban J connectivity index is 1.73. The van der Waals surface area contributed by atoms with Crippen molar-refractivity contribution in [2.75, 3.05) is 13.2 Å². The maximum Gasteiger partial charge on any atom is 0.162 e. The van der Waals surface area contributed by atoms with E-state index in [0.717, 1.165) is 18.7 Å². The lowest BCUT2D eigenvalue weighted by Crippen LogP contribution is -2.26. The first-order valence-corrected chi connectivity index (χ1v) is 5.96. The van der Waals surface area contributed by atoms with Crippen LogP contribution in [0.4, 0.5) is 8.78 Å². The van der Waals surface area contributed by atoms with Crippen LogP contribution in [0.3, 0.4) is 0 Å². The summed E-state index contributed by atoms with van der Waals surface area (Å²) in [5.41, 5.74) is 0. The Morgan fingerprint density at radius 3 is 2.76 bits per heavy atom. The maximum absolute atomic E-state index is 12.9. The van der Waals surface area contributed by atoms with E-state index >= 15 is 0 Å². The molecule has 0 bridgehead atoms. The molecule has 0 heterocycles. The molecule has 4 heteroatoms. The average Bonchev–Trinajstić information content (AvgIpc) is 3.12. The Bertz CT molecular complexity index is 380. The van der Waals surface area contributed by atoms with E-state index in [9.17, 15) is 8.78 Å². The molecular weight excluding hydrogens is 224 g/mol. The second kappa shape index (κ2) is 5.45. The second-order valence-corrected chi connectivity index (χ2v) is 4.67. The number of hydrogen-bond donors (Lipinski definition) is 1. The Kier molecular flexibility index (Phi) is 3.94. The second-order valence-electron chi connectivity index (χ2n) is 4.67. The molecule has 17 heavy (non-hydrogen) atoms. The molecule has 0 aromatic heterocycles. The van der Waals surface area contributed by atoms with Crippen LogP contribution in [0.2, 0.25) is 0 Å². The number of nitrogens with one attached hydrogen (secondary N) is 1. The fourth-order valence-electron chi connectivity index (χ4n) is 1.52. The van der Waals surface area contributed by atoms with E-state index < -0.39 is 11.6 Å². The van der Waals surface area contributed by atoms with Gasteiger partial charge < -0.3 is 10.1 Å². The summed E-state index contributed by atoms with van der Waals surface area (Å²) in [5.74, 6) is -0.988. The highest BCUT2D eigenvalue weighted by molar-refractivity contribution is 5.23. The van der Waals surface area contributed by atoms with Crippen LogP contribution in [0.15, 0.2) is 18.2 Å². The van der Waals surface area contributed by atoms with Crippen molar-refractivity contribution < 1.29 is 13.5 Å². The number of rotatable bonds is 6. The third kappa shape index (κ3) is 3.97. The SMILES string of the molecule is CC(CNC1CC1)COc1ccc(F)c(F)c1. The van der Waals surface area contributed by atoms with Crippen LogP contribution in [0.25, 0.3) is 0 Å². The van der Waals surface area contributed by atoms with Crippen LogP contribution in [0.1, 0.15) is 19.8 Å². The van der Waals surface area contributed by atoms with Crippen molar-refractivity contribution in [1.82, 2.24) is 5.32 Å². The van der Waals surface area contributed by atoms with Gasteiger partial charge in [0.25, 0.3) is 0 Å². The zero-order chi connectivity index (χ0) is 12.3. The number of benzene rings is 1. The van der Waals surface area contributed by atoms with Gasteiger partial charge in [0.05, 0.1) is 6.61 Å². The average molecular weight is 241 g/mol. The first-order chi connectivity index (χ1) is 8.15. The van der Waals surface area contributed by atoms with E-state index in [1.165, 1.54) is 18.9 Å². The number of halogens is 2. The minimum atomic E-state index is -0.869. The normalized spacial score (nSPS) is 16.9. The van der Waals surface area contributed by atoms with Crippen LogP contribution in [0.5, 0.6) is 5.75 Å². The van der Waals surface area contributed by atoms with E-state index in [1.54, 1.807) is 0 Å². The van der Waals surface area contributed by atoms with Crippen molar-refractivity contribution in [2.24, 2.45) is 5.92 Å². The molecule has 1 aliphatic rings. The topological polar surface area (TPSA) is 21.3 Å². The molecule has 0 saturated heterocycles. The fraction of sp³-hybridized carbons (Fsp3) is 0.538. The van der Waals surface area contributed by atoms with Gasteiger partial charge in [-0.3, -0.25) is 0 Å². The largest absolute Gasteiger partial charge is 0.493 e. The van der Waals surface area contributed by atoms with Crippen LogP contribution < -0.4 is 10.1 Å². The fourth-order valence-corrected chi connectivity index (χ4v) is 1.52. The lowest BCUT2D eigenvalue weighted by molar-refractivity contribution is 0.254. The highest BCUT2D eigenvalue weighted by Crippen LogP contribution is 2.19. The van der Waals surface area contributed by atoms with Crippen molar-refractivity contribution in [2.45, 2.75) is 25.8 Å². The van der Waals surface area contributed by atoms with Gasteiger partial charge in [0, 0.05) is 24.6 Å². The third-order valence-electron chi connectivity index (χ3n) is 2.76. The standard InChI is InChI=1S/C13H17F2NO/c1-9(7-16-10-2-3-10)8-17-11-4-5-12(14)13(15)6-11/h4-6,9-10,16H,2-3,7-8H2,1H3. The molecule has 0 aliphatic heterocycles. The van der Waals surface area contributed by atoms with Gasteiger partial charge in [0.1, 0.15) is 5.75 Å². The Morgan fingerprint density at radius 2 is 2.12 bits per heavy atom. The van der Waals surface area contributed by atoms with Gasteiger partial charge in [0.15, 0.2) is 11.6 Å². The van der Waals surface area contributed by atoms with E-state index in [1.807, 2.05) is 0 Å². The van der Waals surface area contributed by atoms with Crippen molar-refractivity contribution in [3.8, 4) is 5.75 Å². The summed E-state index contributed by atoms with van der Waals surface area (Å²) in [6.07, 6.45) is 2.52. The molecule has 1 aliphatic carbocycles. The molecule has 0 amide bonds. The van der Waals surface area contributed by atoms with Crippen molar-refractivity contribution >= 4 is 0 Å². The zero-order valence-electron chi connectivity index (χ0n) is 9.88. The highest BCUT2D eigenvalue weighted by Gasteiger charge is 2.20. The summed E-state index contributed by atoms with van der Waals surface area (Å²) in [6, 6.07) is 4.29. The van der Waals surface area contributed by atoms with E-state index in [2.05, 4.69) is 12.2 Å². The van der Waals surface area contributed by atoms with Crippen molar-refractivity contribution in [3.05, 3.63) is 29.8 Å². The summed E-state index contributed by atoms with van der Waals surface area (Å²) in [4.78, 5) is 0. The monoisotopic (exact) mass is 241 g/mol. The molecule has 1 saturated carbocycles. The van der Waals surface area contributed by atoms with Crippen molar-refractivity contribution in [3.63, 3.8) is 0 Å². The lowest BCUT2D eigenvalue weighted by atomic mass is 10.2. The van der Waals surface area contributed by atoms with Gasteiger partial charge in [-0.25, -0.2) is 8.78 Å². The first-order valence-electron chi connectivity index (χ1n) is 5.96. The maximum atomic E-state index is 12.9. The van der Waals surface area contributed by atoms with Crippen LogP contribution >= 0.6 is 0 Å². The van der Waals surface area contributed by atoms with Gasteiger partial charge in [-0.05, 0) is 25.0 Å². The molecule has 1 unspecified atom stereocenters. The third-order valence-corrected chi connectivity index (χ3v) is 2.76. The summed E-state index contributed by atoms with van der Waals surface area (Å²) in [5, 5.41) is 3.40. The van der Waals surface area contributed by atoms with Gasteiger partial charge in [-0.2, -0.15) is 0 Å². The Hall–Kier alpha value is -1.16. The molecule has 2 rings (SSSR count). The van der Waals surface area contributed by atoms with E-state index in [4.69, 9.17) is 4.74 Å². The molecular formula is C13H17F2NO. The molecule has 1 fully saturated rings. The predicted octanol–water partition coefficient (Wildman–Crippen LogP) is 2.73. The minimum Gasteiger partial charge on any atom is -0.493 e. The zero-order valence-corrected chi connectivity index (χ0v) is 9.88. The van der Waals surface area contributed by atoms with Crippen molar-refractivity contribution in [1.29, 1.82) is 0 Å². The molecule has 1 aromatic rings. The van der Waals surface area contributed by atoms with Gasteiger partial charge in [0.2, 0.25) is 0 Å². The predicted molar refractivity (Wildman–Crippen MR) is 62.0 cm³/mol. The molecule has 1 aromatic carbocycles. The van der Waals surface area contributed by atoms with E-state index in [0.29, 0.717) is 24.3 Å².